The van der Waals surface area contributed by atoms with Gasteiger partial charge < -0.3 is 20.1 Å². The maximum atomic E-state index is 13.9. The second-order valence-corrected chi connectivity index (χ2v) is 8.03. The highest BCUT2D eigenvalue weighted by Gasteiger charge is 2.74. The number of nitrogens with one attached hydrogen (secondary N) is 1. The first-order chi connectivity index (χ1) is 14.9. The summed E-state index contributed by atoms with van der Waals surface area (Å²) in [5, 5.41) is 24.2. The Morgan fingerprint density at radius 2 is 2.06 bits per heavy atom. The molecule has 3 N–H and O–H groups in total. The van der Waals surface area contributed by atoms with Crippen LogP contribution in [0.25, 0.3) is 11.2 Å². The number of carbonyl (C=O) groups is 1. The number of aromatic nitrogens is 4. The molecule has 5 rings (SSSR count). The van der Waals surface area contributed by atoms with Crippen LogP contribution in [0.5, 0.6) is 0 Å². The van der Waals surface area contributed by atoms with Crippen LogP contribution in [0, 0.1) is 29.0 Å². The quantitative estimate of drug-likeness (QED) is 0.546. The van der Waals surface area contributed by atoms with Crippen LogP contribution in [0.1, 0.15) is 30.8 Å². The molecule has 1 aromatic carbocycles. The normalized spacial score (nSPS) is 28.7. The van der Waals surface area contributed by atoms with E-state index in [0.717, 1.165) is 0 Å². The van der Waals surface area contributed by atoms with Gasteiger partial charge in [-0.05, 0) is 37.3 Å². The number of imidazole rings is 1. The summed E-state index contributed by atoms with van der Waals surface area (Å²) >= 11 is 0. The zero-order valence-corrected chi connectivity index (χ0v) is 16.9. The highest BCUT2D eigenvalue weighted by Crippen LogP contribution is 2.68. The minimum absolute atomic E-state index is 0.127. The number of Topliss-reactive ketones (excluding diaryl/α,β-unsaturated/α-hetero) is 1. The molecule has 158 valence electrons. The van der Waals surface area contributed by atoms with E-state index < -0.39 is 29.5 Å². The van der Waals surface area contributed by atoms with Gasteiger partial charge >= 0.3 is 0 Å². The van der Waals surface area contributed by atoms with E-state index in [1.54, 1.807) is 29.8 Å². The van der Waals surface area contributed by atoms with Crippen LogP contribution in [0.2, 0.25) is 0 Å². The second kappa shape index (κ2) is 6.83. The van der Waals surface area contributed by atoms with Crippen molar-refractivity contribution < 1.29 is 19.4 Å². The number of nitrogens with zero attached hydrogens (tertiary/aromatic N) is 4. The van der Waals surface area contributed by atoms with Crippen molar-refractivity contribution >= 4 is 22.8 Å². The molecular formula is C22H20FN5O3. The molecule has 2 fully saturated rings. The molecule has 0 amide bonds. The molecular weight excluding hydrogens is 401 g/mol. The monoisotopic (exact) mass is 421 g/mol. The lowest BCUT2D eigenvalue weighted by Crippen LogP contribution is -2.36. The van der Waals surface area contributed by atoms with Gasteiger partial charge in [-0.1, -0.05) is 18.1 Å². The Morgan fingerprint density at radius 3 is 2.74 bits per heavy atom. The van der Waals surface area contributed by atoms with Crippen LogP contribution in [0.3, 0.4) is 0 Å². The summed E-state index contributed by atoms with van der Waals surface area (Å²) in [6.45, 7) is 1.45. The fourth-order valence-corrected chi connectivity index (χ4v) is 4.82. The van der Waals surface area contributed by atoms with E-state index in [9.17, 15) is 19.4 Å². The maximum Gasteiger partial charge on any atom is 0.209 e. The smallest absolute Gasteiger partial charge is 0.209 e. The zero-order valence-electron chi connectivity index (χ0n) is 16.9. The Labute approximate surface area is 177 Å². The number of halogens is 1. The topological polar surface area (TPSA) is 113 Å². The van der Waals surface area contributed by atoms with Crippen LogP contribution in [0.4, 0.5) is 10.2 Å². The SMILES string of the molecule is CNc1nc(C#Cc2ccccc2F)nc2c1ncn2[C@@H]1C2C[C@]2(C(C)=O)C(O)[C@H]1O. The molecule has 0 aliphatic heterocycles. The first-order valence-electron chi connectivity index (χ1n) is 9.94. The van der Waals surface area contributed by atoms with E-state index in [1.165, 1.54) is 19.3 Å². The summed E-state index contributed by atoms with van der Waals surface area (Å²) in [5.41, 5.74) is 0.207. The average Bonchev–Trinajstić information content (AvgIpc) is 3.31. The number of fused-ring (bicyclic) bond motifs is 2. The van der Waals surface area contributed by atoms with Crippen molar-refractivity contribution in [3.05, 3.63) is 47.8 Å². The molecule has 9 heteroatoms. The van der Waals surface area contributed by atoms with Crippen LogP contribution in [-0.2, 0) is 4.79 Å². The number of ketones is 1. The van der Waals surface area contributed by atoms with Gasteiger partial charge in [0.1, 0.15) is 17.7 Å². The fraction of sp³-hybridized carbons (Fsp3) is 0.364. The summed E-state index contributed by atoms with van der Waals surface area (Å²) in [4.78, 5) is 25.4. The predicted octanol–water partition coefficient (Wildman–Crippen LogP) is 1.28. The van der Waals surface area contributed by atoms with Crippen LogP contribution >= 0.6 is 0 Å². The number of rotatable bonds is 3. The molecule has 31 heavy (non-hydrogen) atoms. The zero-order chi connectivity index (χ0) is 21.9. The lowest BCUT2D eigenvalue weighted by molar-refractivity contribution is -0.128. The molecule has 0 saturated heterocycles. The fourth-order valence-electron chi connectivity index (χ4n) is 4.82. The summed E-state index contributed by atoms with van der Waals surface area (Å²) in [6.07, 6.45) is -0.220. The molecule has 2 heterocycles. The van der Waals surface area contributed by atoms with Gasteiger partial charge in [0.2, 0.25) is 5.82 Å². The molecule has 5 atom stereocenters. The molecule has 0 spiro atoms. The van der Waals surface area contributed by atoms with E-state index >= 15 is 0 Å². The van der Waals surface area contributed by atoms with Crippen molar-refractivity contribution in [2.75, 3.05) is 12.4 Å². The number of anilines is 1. The molecule has 2 aromatic heterocycles. The van der Waals surface area contributed by atoms with Gasteiger partial charge in [0, 0.05) is 7.05 Å². The van der Waals surface area contributed by atoms with Crippen molar-refractivity contribution in [2.45, 2.75) is 31.6 Å². The first-order valence-corrected chi connectivity index (χ1v) is 9.94. The Kier molecular flexibility index (Phi) is 4.32. The molecule has 2 unspecified atom stereocenters. The molecule has 0 bridgehead atoms. The van der Waals surface area contributed by atoms with E-state index in [2.05, 4.69) is 32.1 Å². The van der Waals surface area contributed by atoms with Gasteiger partial charge in [0.25, 0.3) is 0 Å². The van der Waals surface area contributed by atoms with E-state index in [1.807, 2.05) is 0 Å². The summed E-state index contributed by atoms with van der Waals surface area (Å²) < 4.78 is 15.6. The van der Waals surface area contributed by atoms with E-state index in [-0.39, 0.29) is 23.1 Å². The molecule has 3 aromatic rings. The number of aliphatic hydroxyl groups excluding tert-OH is 2. The molecule has 8 nitrogen and oxygen atoms in total. The largest absolute Gasteiger partial charge is 0.389 e. The van der Waals surface area contributed by atoms with Gasteiger partial charge in [0.15, 0.2) is 17.0 Å². The maximum absolute atomic E-state index is 13.9. The van der Waals surface area contributed by atoms with Crippen LogP contribution < -0.4 is 5.32 Å². The van der Waals surface area contributed by atoms with Gasteiger partial charge in [-0.25, -0.2) is 19.3 Å². The van der Waals surface area contributed by atoms with Crippen molar-refractivity contribution in [1.29, 1.82) is 0 Å². The van der Waals surface area contributed by atoms with Crippen molar-refractivity contribution in [3.8, 4) is 11.8 Å². The highest BCUT2D eigenvalue weighted by atomic mass is 19.1. The highest BCUT2D eigenvalue weighted by molar-refractivity contribution is 5.88. The summed E-state index contributed by atoms with van der Waals surface area (Å²) in [7, 11) is 1.69. The number of aliphatic hydroxyl groups is 2. The Bertz CT molecular complexity index is 1280. The number of carbonyl (C=O) groups excluding carboxylic acids is 1. The van der Waals surface area contributed by atoms with Crippen molar-refractivity contribution in [2.24, 2.45) is 11.3 Å². The third-order valence-corrected chi connectivity index (χ3v) is 6.49. The minimum atomic E-state index is -1.14. The molecule has 0 radical (unpaired) electrons. The first kappa shape index (κ1) is 19.6. The van der Waals surface area contributed by atoms with E-state index in [0.29, 0.717) is 23.4 Å². The Morgan fingerprint density at radius 1 is 1.29 bits per heavy atom. The van der Waals surface area contributed by atoms with Crippen LogP contribution in [-0.4, -0.2) is 54.8 Å². The molecule has 2 saturated carbocycles. The van der Waals surface area contributed by atoms with Gasteiger partial charge in [-0.2, -0.15) is 0 Å². The molecule has 2 aliphatic carbocycles. The van der Waals surface area contributed by atoms with Crippen LogP contribution in [0.15, 0.2) is 30.6 Å². The lowest BCUT2D eigenvalue weighted by Gasteiger charge is -2.23. The predicted molar refractivity (Wildman–Crippen MR) is 110 cm³/mol. The Balaban J connectivity index is 1.60. The lowest BCUT2D eigenvalue weighted by atomic mass is 9.95. The minimum Gasteiger partial charge on any atom is -0.389 e. The van der Waals surface area contributed by atoms with Gasteiger partial charge in [0.05, 0.1) is 29.5 Å². The van der Waals surface area contributed by atoms with Crippen molar-refractivity contribution in [1.82, 2.24) is 19.5 Å². The standard InChI is InChI=1S/C22H20FN5O3/c1-11(29)22-9-13(22)17(18(30)19(22)31)28-10-25-16-20(24-2)26-15(27-21(16)28)8-7-12-5-3-4-6-14(12)23/h3-6,10,13,17-19,30-31H,9H2,1-2H3,(H,24,26,27)/t13?,17-,18+,19?,22-/m1/s1. The third kappa shape index (κ3) is 2.76. The van der Waals surface area contributed by atoms with Gasteiger partial charge in [-0.15, -0.1) is 0 Å². The van der Waals surface area contributed by atoms with Gasteiger partial charge in [-0.3, -0.25) is 4.79 Å². The van der Waals surface area contributed by atoms with E-state index in [4.69, 9.17) is 0 Å². The number of benzene rings is 1. The number of hydrogen-bond donors (Lipinski definition) is 3. The molecule has 2 aliphatic rings. The second-order valence-electron chi connectivity index (χ2n) is 8.03. The summed E-state index contributed by atoms with van der Waals surface area (Å²) in [6, 6.07) is 5.62. The number of hydrogen-bond acceptors (Lipinski definition) is 7. The van der Waals surface area contributed by atoms with Crippen molar-refractivity contribution in [3.63, 3.8) is 0 Å². The summed E-state index contributed by atoms with van der Waals surface area (Å²) in [5.74, 6) is 5.35. The average molecular weight is 421 g/mol. The Hall–Kier alpha value is -3.35. The third-order valence-electron chi connectivity index (χ3n) is 6.49.